The smallest absolute Gasteiger partial charge is 0.273 e. The standard InChI is InChI=1S/C24H27N3O3.C2H6.CH3NO/c1-4-8-20-24(29)27(22(16(2)3)23(28)26-30)15-21(25-20)19-13-11-18(12-14-19)17-9-6-5-7-10-17;1-2;2-1-3/h5-7,9-16,22,30H,4,8H2,1-3H3,(H,26,28);1-2H3;1H,(H2,2,3). The molecule has 0 fully saturated rings. The summed E-state index contributed by atoms with van der Waals surface area (Å²) in [6.07, 6.45) is 3.14. The molecule has 1 heterocycles. The molecule has 0 aliphatic rings. The van der Waals surface area contributed by atoms with E-state index < -0.39 is 11.9 Å². The van der Waals surface area contributed by atoms with Crippen molar-refractivity contribution in [2.75, 3.05) is 0 Å². The van der Waals surface area contributed by atoms with Gasteiger partial charge in [0.25, 0.3) is 11.5 Å². The van der Waals surface area contributed by atoms with Crippen molar-refractivity contribution in [1.82, 2.24) is 15.0 Å². The first kappa shape index (κ1) is 29.3. The second-order valence-corrected chi connectivity index (χ2v) is 7.78. The molecule has 8 nitrogen and oxygen atoms in total. The van der Waals surface area contributed by atoms with Crippen molar-refractivity contribution in [2.24, 2.45) is 11.7 Å². The van der Waals surface area contributed by atoms with Gasteiger partial charge in [0.2, 0.25) is 6.41 Å². The number of aromatic nitrogens is 2. The van der Waals surface area contributed by atoms with Gasteiger partial charge in [0.1, 0.15) is 11.7 Å². The van der Waals surface area contributed by atoms with Gasteiger partial charge in [-0.25, -0.2) is 10.5 Å². The second-order valence-electron chi connectivity index (χ2n) is 7.78. The van der Waals surface area contributed by atoms with Gasteiger partial charge >= 0.3 is 0 Å². The molecule has 1 atom stereocenters. The molecule has 0 spiro atoms. The van der Waals surface area contributed by atoms with Crippen molar-refractivity contribution < 1.29 is 14.8 Å². The van der Waals surface area contributed by atoms with E-state index in [1.165, 1.54) is 4.57 Å². The molecule has 4 N–H and O–H groups in total. The number of hydrogen-bond acceptors (Lipinski definition) is 5. The lowest BCUT2D eigenvalue weighted by Crippen LogP contribution is -2.40. The van der Waals surface area contributed by atoms with Gasteiger partial charge in [0.05, 0.1) is 5.69 Å². The first-order valence-corrected chi connectivity index (χ1v) is 11.7. The van der Waals surface area contributed by atoms with Crippen LogP contribution >= 0.6 is 0 Å². The maximum Gasteiger partial charge on any atom is 0.273 e. The fourth-order valence-corrected chi connectivity index (χ4v) is 3.59. The molecular formula is C27H36N4O4. The lowest BCUT2D eigenvalue weighted by atomic mass is 10.0. The van der Waals surface area contributed by atoms with Crippen LogP contribution < -0.4 is 16.8 Å². The van der Waals surface area contributed by atoms with Gasteiger partial charge in [-0.2, -0.15) is 0 Å². The van der Waals surface area contributed by atoms with Crippen LogP contribution in [-0.2, 0) is 16.0 Å². The van der Waals surface area contributed by atoms with Crippen LogP contribution in [-0.4, -0.2) is 27.1 Å². The largest absolute Gasteiger partial charge is 0.372 e. The molecule has 8 heteroatoms. The Morgan fingerprint density at radius 2 is 1.57 bits per heavy atom. The highest BCUT2D eigenvalue weighted by Gasteiger charge is 2.26. The summed E-state index contributed by atoms with van der Waals surface area (Å²) < 4.78 is 1.40. The molecule has 2 aromatic carbocycles. The highest BCUT2D eigenvalue weighted by atomic mass is 16.5. The van der Waals surface area contributed by atoms with Crippen LogP contribution in [0.5, 0.6) is 0 Å². The molecule has 0 saturated carbocycles. The summed E-state index contributed by atoms with van der Waals surface area (Å²) in [5.74, 6) is -0.814. The quantitative estimate of drug-likeness (QED) is 0.263. The Morgan fingerprint density at radius 3 is 2.06 bits per heavy atom. The van der Waals surface area contributed by atoms with Crippen molar-refractivity contribution >= 4 is 12.3 Å². The topological polar surface area (TPSA) is 127 Å². The number of hydrogen-bond donors (Lipinski definition) is 3. The van der Waals surface area contributed by atoms with Gasteiger partial charge in [-0.3, -0.25) is 24.2 Å². The summed E-state index contributed by atoms with van der Waals surface area (Å²) in [7, 11) is 0. The Labute approximate surface area is 206 Å². The number of nitrogens with zero attached hydrogens (tertiary/aromatic N) is 2. The van der Waals surface area contributed by atoms with E-state index >= 15 is 0 Å². The summed E-state index contributed by atoms with van der Waals surface area (Å²) in [5.41, 5.74) is 9.65. The molecule has 0 bridgehead atoms. The van der Waals surface area contributed by atoms with Crippen LogP contribution in [0.3, 0.4) is 0 Å². The van der Waals surface area contributed by atoms with Gasteiger partial charge in [-0.1, -0.05) is 95.6 Å². The number of aryl methyl sites for hydroxylation is 1. The van der Waals surface area contributed by atoms with E-state index in [4.69, 9.17) is 4.79 Å². The maximum atomic E-state index is 13.0. The number of nitrogens with two attached hydrogens (primary N) is 1. The highest BCUT2D eigenvalue weighted by molar-refractivity contribution is 5.79. The summed E-state index contributed by atoms with van der Waals surface area (Å²) in [6.45, 7) is 9.65. The summed E-state index contributed by atoms with van der Waals surface area (Å²) in [5, 5.41) is 9.17. The first-order valence-electron chi connectivity index (χ1n) is 11.7. The zero-order chi connectivity index (χ0) is 26.4. The van der Waals surface area contributed by atoms with E-state index in [1.54, 1.807) is 11.7 Å². The normalized spacial score (nSPS) is 10.8. The van der Waals surface area contributed by atoms with E-state index in [0.29, 0.717) is 17.8 Å². The Balaban J connectivity index is 0.00000114. The third-order valence-corrected chi connectivity index (χ3v) is 5.08. The lowest BCUT2D eigenvalue weighted by Gasteiger charge is -2.22. The van der Waals surface area contributed by atoms with E-state index in [2.05, 4.69) is 10.7 Å². The predicted octanol–water partition coefficient (Wildman–Crippen LogP) is 4.36. The van der Waals surface area contributed by atoms with Crippen LogP contribution in [0.25, 0.3) is 22.4 Å². The summed E-state index contributed by atoms with van der Waals surface area (Å²) in [6, 6.07) is 17.2. The third-order valence-electron chi connectivity index (χ3n) is 5.08. The first-order chi connectivity index (χ1) is 16.9. The molecule has 1 unspecified atom stereocenters. The average molecular weight is 481 g/mol. The van der Waals surface area contributed by atoms with Gasteiger partial charge < -0.3 is 5.73 Å². The lowest BCUT2D eigenvalue weighted by molar-refractivity contribution is -0.134. The van der Waals surface area contributed by atoms with Crippen molar-refractivity contribution in [3.63, 3.8) is 0 Å². The minimum absolute atomic E-state index is 0.194. The Morgan fingerprint density at radius 1 is 1.06 bits per heavy atom. The minimum Gasteiger partial charge on any atom is -0.372 e. The molecule has 35 heavy (non-hydrogen) atoms. The van der Waals surface area contributed by atoms with Gasteiger partial charge in [-0.05, 0) is 23.5 Å². The number of benzene rings is 2. The molecule has 0 saturated heterocycles. The third kappa shape index (κ3) is 7.89. The maximum absolute atomic E-state index is 13.0. The number of nitrogens with one attached hydrogen (secondary N) is 1. The minimum atomic E-state index is -0.830. The van der Waals surface area contributed by atoms with E-state index in [0.717, 1.165) is 23.1 Å². The van der Waals surface area contributed by atoms with Crippen molar-refractivity contribution in [1.29, 1.82) is 0 Å². The molecule has 0 aliphatic heterocycles. The van der Waals surface area contributed by atoms with E-state index in [1.807, 2.05) is 89.2 Å². The fourth-order valence-electron chi connectivity index (χ4n) is 3.59. The highest BCUT2D eigenvalue weighted by Crippen LogP contribution is 2.25. The number of carbonyl (C=O) groups excluding carboxylic acids is 2. The van der Waals surface area contributed by atoms with Gasteiger partial charge in [0.15, 0.2) is 0 Å². The van der Waals surface area contributed by atoms with Crippen LogP contribution in [0.2, 0.25) is 0 Å². The zero-order valence-corrected chi connectivity index (χ0v) is 21.1. The van der Waals surface area contributed by atoms with E-state index in [-0.39, 0.29) is 17.9 Å². The molecule has 3 rings (SSSR count). The van der Waals surface area contributed by atoms with Crippen LogP contribution in [0.15, 0.2) is 65.6 Å². The van der Waals surface area contributed by atoms with Crippen molar-refractivity contribution in [2.45, 2.75) is 53.5 Å². The van der Waals surface area contributed by atoms with Gasteiger partial charge in [-0.15, -0.1) is 0 Å². The Hall–Kier alpha value is -3.78. The fraction of sp³-hybridized carbons (Fsp3) is 0.333. The molecule has 2 amide bonds. The number of hydroxylamine groups is 1. The molecular weight excluding hydrogens is 444 g/mol. The molecule has 3 aromatic rings. The van der Waals surface area contributed by atoms with Crippen LogP contribution in [0.1, 0.15) is 52.8 Å². The molecule has 0 radical (unpaired) electrons. The Bertz CT molecular complexity index is 1110. The number of amides is 2. The monoisotopic (exact) mass is 480 g/mol. The number of carbonyl (C=O) groups is 2. The summed E-state index contributed by atoms with van der Waals surface area (Å²) >= 11 is 0. The number of primary amides is 1. The van der Waals surface area contributed by atoms with Crippen LogP contribution in [0.4, 0.5) is 0 Å². The Kier molecular flexibility index (Phi) is 12.7. The predicted molar refractivity (Wildman–Crippen MR) is 139 cm³/mol. The molecule has 1 aromatic heterocycles. The zero-order valence-electron chi connectivity index (χ0n) is 21.1. The van der Waals surface area contributed by atoms with Crippen molar-refractivity contribution in [3.05, 3.63) is 76.8 Å². The summed E-state index contributed by atoms with van der Waals surface area (Å²) in [4.78, 5) is 38.4. The van der Waals surface area contributed by atoms with Gasteiger partial charge in [0, 0.05) is 11.8 Å². The average Bonchev–Trinajstić information content (AvgIpc) is 2.88. The molecule has 188 valence electrons. The SMILES string of the molecule is CC.CCCc1nc(-c2ccc(-c3ccccc3)cc2)cn(C(C(=O)NO)C(C)C)c1=O.NC=O. The van der Waals surface area contributed by atoms with E-state index in [9.17, 15) is 14.8 Å². The van der Waals surface area contributed by atoms with Crippen molar-refractivity contribution in [3.8, 4) is 22.4 Å². The second kappa shape index (κ2) is 15.2. The van der Waals surface area contributed by atoms with Crippen LogP contribution in [0, 0.1) is 5.92 Å². The molecule has 0 aliphatic carbocycles. The number of rotatable bonds is 7.